The molecule has 1 saturated carbocycles. The van der Waals surface area contributed by atoms with Crippen molar-refractivity contribution in [2.45, 2.75) is 44.2 Å². The van der Waals surface area contributed by atoms with Crippen LogP contribution in [-0.4, -0.2) is 319 Å². The molecule has 0 atom stereocenters. The zero-order valence-electron chi connectivity index (χ0n) is 43.8. The zero-order valence-corrected chi connectivity index (χ0v) is 43.8. The Morgan fingerprint density at radius 1 is 0.414 bits per heavy atom. The maximum absolute atomic E-state index is 2.67. The lowest BCUT2D eigenvalue weighted by atomic mass is 8.34. The van der Waals surface area contributed by atoms with E-state index in [4.69, 9.17) is 0 Å². The monoisotopic (exact) mass is 715 g/mol. The Kier molecular flexibility index (Phi) is 25.5. The van der Waals surface area contributed by atoms with Gasteiger partial charge in [0.1, 0.15) is 0 Å². The molecule has 1 aliphatic rings. The summed E-state index contributed by atoms with van der Waals surface area (Å²) < 4.78 is 0. The highest BCUT2D eigenvalue weighted by molar-refractivity contribution is 8.24. The largest absolute Gasteiger partial charge is 0.0984 e. The Morgan fingerprint density at radius 3 is 1.14 bits per heavy atom. The van der Waals surface area contributed by atoms with Crippen LogP contribution in [0, 0.1) is 6.92 Å². The van der Waals surface area contributed by atoms with Gasteiger partial charge in [-0.25, -0.2) is 0 Å². The zero-order chi connectivity index (χ0) is 44.5. The van der Waals surface area contributed by atoms with Crippen LogP contribution in [0.5, 0.6) is 0 Å². The number of hydrogen-bond donors (Lipinski definition) is 0. The van der Waals surface area contributed by atoms with Gasteiger partial charge in [0, 0.05) is 136 Å². The topological polar surface area (TPSA) is 0 Å². The molecular weight excluding hydrogens is 643 g/mol. The van der Waals surface area contributed by atoms with E-state index in [1.54, 1.807) is 5.46 Å². The Labute approximate surface area is 395 Å². The Balaban J connectivity index is 2.98. The second-order valence-electron chi connectivity index (χ2n) is 24.2. The van der Waals surface area contributed by atoms with Gasteiger partial charge in [-0.15, -0.1) is 0 Å². The third-order valence-corrected chi connectivity index (χ3v) is 17.6. The Morgan fingerprint density at radius 2 is 0.810 bits per heavy atom. The molecule has 0 aromatic heterocycles. The molecule has 45 heteroatoms. The third-order valence-electron chi connectivity index (χ3n) is 17.6. The molecule has 0 nitrogen and oxygen atoms in total. The predicted molar refractivity (Wildman–Crippen MR) is 380 cm³/mol. The van der Waals surface area contributed by atoms with Crippen LogP contribution < -0.4 is 5.46 Å². The van der Waals surface area contributed by atoms with E-state index in [2.05, 4.69) is 201 Å². The molecule has 1 aromatic rings. The van der Waals surface area contributed by atoms with Crippen LogP contribution >= 0.6 is 0 Å². The van der Waals surface area contributed by atoms with E-state index in [1.807, 2.05) is 0 Å². The van der Waals surface area contributed by atoms with Crippen molar-refractivity contribution >= 4 is 324 Å². The Hall–Kier alpha value is 2.14. The Bertz CT molecular complexity index is 1250. The lowest BCUT2D eigenvalue weighted by molar-refractivity contribution is 0.499. The second kappa shape index (κ2) is 26.3. The first-order chi connectivity index (χ1) is 27.0. The fraction of sp³-hybridized carbons (Fsp3) is 0.538. The van der Waals surface area contributed by atoms with Crippen LogP contribution in [0.4, 0.5) is 0 Å². The molecule has 0 N–H and O–H groups in total. The molecular formula is C13H63B45. The lowest BCUT2D eigenvalue weighted by Gasteiger charge is -2.52. The van der Waals surface area contributed by atoms with Gasteiger partial charge >= 0.3 is 0 Å². The minimum Gasteiger partial charge on any atom is -0.0984 e. The number of rotatable bonds is 24. The third kappa shape index (κ3) is 14.6. The van der Waals surface area contributed by atoms with Crippen molar-refractivity contribution in [1.29, 1.82) is 0 Å². The number of benzene rings is 1. The van der Waals surface area contributed by atoms with Crippen molar-refractivity contribution in [2.75, 3.05) is 0 Å². The average molecular weight is 706 g/mol. The van der Waals surface area contributed by atoms with Crippen LogP contribution in [0.15, 0.2) is 24.3 Å². The molecule has 0 spiro atoms. The highest BCUT2D eigenvalue weighted by Crippen LogP contribution is 2.42. The number of hydrogen-bond acceptors (Lipinski definition) is 0. The maximum atomic E-state index is 2.67. The summed E-state index contributed by atoms with van der Waals surface area (Å²) in [5.74, 6) is 1.60. The normalized spacial score (nSPS) is 14.2. The predicted octanol–water partition coefficient (Wildman–Crippen LogP) is -26.0. The SMILES string of the molecule is BBB(B)B(B(B)B)B(B(B(B(B)B)B(B)B(B)B)B(B(B)B)B(B(B)B)B(B)B)C1CCC(B(B(B(B)B)B(B)B)B(B(BB)B(B)B)c2ccc(C)cc2)CC1. The summed E-state index contributed by atoms with van der Waals surface area (Å²) in [5.41, 5.74) is 3.03. The summed E-state index contributed by atoms with van der Waals surface area (Å²) >= 11 is 0. The molecule has 1 aliphatic carbocycles. The van der Waals surface area contributed by atoms with Crippen LogP contribution in [-0.2, 0) is 0 Å². The summed E-state index contributed by atoms with van der Waals surface area (Å²) in [6.07, 6.45) is 18.6. The highest BCUT2D eigenvalue weighted by Gasteiger charge is 2.57. The molecule has 1 fully saturated rings. The van der Waals surface area contributed by atoms with Crippen molar-refractivity contribution in [3.63, 3.8) is 0 Å². The number of aryl methyl sites for hydroxylation is 1. The first kappa shape index (κ1) is 56.3. The molecule has 0 radical (unpaired) electrons. The summed E-state index contributed by atoms with van der Waals surface area (Å²) in [7, 11) is 59.5. The summed E-state index contributed by atoms with van der Waals surface area (Å²) in [4.78, 5) is 0. The van der Waals surface area contributed by atoms with Crippen molar-refractivity contribution in [3.05, 3.63) is 29.8 Å². The van der Waals surface area contributed by atoms with E-state index in [0.717, 1.165) is 69.3 Å². The van der Waals surface area contributed by atoms with E-state index < -0.39 is 0 Å². The molecule has 0 saturated heterocycles. The second-order valence-corrected chi connectivity index (χ2v) is 24.2. The minimum atomic E-state index is 0.620. The molecule has 58 heavy (non-hydrogen) atoms. The van der Waals surface area contributed by atoms with Crippen molar-refractivity contribution < 1.29 is 0 Å². The van der Waals surface area contributed by atoms with Gasteiger partial charge in [-0.2, -0.15) is 0 Å². The van der Waals surface area contributed by atoms with Crippen molar-refractivity contribution in [1.82, 2.24) is 0 Å². The minimum absolute atomic E-state index is 0.620. The van der Waals surface area contributed by atoms with E-state index >= 15 is 0 Å². The van der Waals surface area contributed by atoms with Gasteiger partial charge in [-0.1, -0.05) is 72.6 Å². The molecule has 0 aliphatic heterocycles. The van der Waals surface area contributed by atoms with E-state index in [0.29, 0.717) is 76.7 Å². The quantitative estimate of drug-likeness (QED) is 0.0939. The first-order valence-electron chi connectivity index (χ1n) is 26.0. The van der Waals surface area contributed by atoms with Crippen LogP contribution in [0.2, 0.25) is 11.6 Å². The molecule has 1 aromatic carbocycles. The van der Waals surface area contributed by atoms with E-state index in [9.17, 15) is 0 Å². The van der Waals surface area contributed by atoms with E-state index in [-0.39, 0.29) is 0 Å². The molecule has 0 amide bonds. The van der Waals surface area contributed by atoms with Crippen LogP contribution in [0.1, 0.15) is 31.2 Å². The highest BCUT2D eigenvalue weighted by atomic mass is 14.2. The smallest absolute Gasteiger partial charge is 0.0904 e. The van der Waals surface area contributed by atoms with Gasteiger partial charge in [0.15, 0.2) is 0 Å². The summed E-state index contributed by atoms with van der Waals surface area (Å²) in [6.45, 7) is 4.39. The van der Waals surface area contributed by atoms with Gasteiger partial charge in [0.05, 0.1) is 183 Å². The van der Waals surface area contributed by atoms with Crippen molar-refractivity contribution in [3.8, 4) is 0 Å². The standard InChI is InChI=1S/C13H63B45/c1-10-2-4-11(5-3-10)38(52(37-15)42(18)19)39(53(43(20)21)44(22)23)12-6-8-13(9-7-12)40(54(45(24)25)50(34)36-14)55(57(48(30)31)51(35)41(16)17)58(49(32)33)56(46(26)27)47(28)29/h2-5,12-13,36-37H,6-9,14-35H2,1H3. The average Bonchev–Trinajstić information content (AvgIpc) is 3.12. The fourth-order valence-electron chi connectivity index (χ4n) is 15.2. The first-order valence-corrected chi connectivity index (χ1v) is 26.0. The van der Waals surface area contributed by atoms with E-state index in [1.165, 1.54) is 45.4 Å². The van der Waals surface area contributed by atoms with Gasteiger partial charge < -0.3 is 0 Å². The van der Waals surface area contributed by atoms with Gasteiger partial charge in [0.2, 0.25) is 0 Å². The van der Waals surface area contributed by atoms with Gasteiger partial charge in [-0.05, 0) is 6.92 Å². The lowest BCUT2D eigenvalue weighted by Crippen LogP contribution is -2.87. The maximum Gasteiger partial charge on any atom is 0.0904 e. The molecule has 2 rings (SSSR count). The van der Waals surface area contributed by atoms with Gasteiger partial charge in [-0.3, -0.25) is 0 Å². The fourth-order valence-corrected chi connectivity index (χ4v) is 15.2. The van der Waals surface area contributed by atoms with Crippen LogP contribution in [0.3, 0.4) is 0 Å². The van der Waals surface area contributed by atoms with Gasteiger partial charge in [0.25, 0.3) is 0 Å². The summed E-state index contributed by atoms with van der Waals surface area (Å²) in [6, 6.07) is 9.94. The molecule has 0 unspecified atom stereocenters. The molecule has 0 bridgehead atoms. The molecule has 0 heterocycles. The summed E-state index contributed by atoms with van der Waals surface area (Å²) in [5, 5.41) is 0. The molecule has 250 valence electrons. The van der Waals surface area contributed by atoms with Crippen molar-refractivity contribution in [2.24, 2.45) is 0 Å². The van der Waals surface area contributed by atoms with Crippen LogP contribution in [0.25, 0.3) is 0 Å².